The second kappa shape index (κ2) is 8.48. The summed E-state index contributed by atoms with van der Waals surface area (Å²) in [7, 11) is 0. The van der Waals surface area contributed by atoms with Crippen LogP contribution >= 0.6 is 22.9 Å². The molecule has 4 heterocycles. The molecule has 3 aliphatic rings. The first-order chi connectivity index (χ1) is 14.7. The SMILES string of the molecule is C=C(/C=C(F)\C=C(/C)F)[C@@H]1CC[C@H]2OC3(CCN(C(=O)c4sccc4Cl)CC3)C(=O)N21. The van der Waals surface area contributed by atoms with Gasteiger partial charge in [-0.1, -0.05) is 18.2 Å². The van der Waals surface area contributed by atoms with Crippen LogP contribution in [0, 0.1) is 0 Å². The molecule has 5 nitrogen and oxygen atoms in total. The topological polar surface area (TPSA) is 49.9 Å². The van der Waals surface area contributed by atoms with Crippen LogP contribution in [0.2, 0.25) is 5.02 Å². The monoisotopic (exact) mass is 468 g/mol. The Balaban J connectivity index is 1.45. The zero-order valence-corrected chi connectivity index (χ0v) is 18.6. The van der Waals surface area contributed by atoms with Crippen molar-refractivity contribution >= 4 is 34.8 Å². The molecule has 1 spiro atoms. The predicted octanol–water partition coefficient (Wildman–Crippen LogP) is 5.01. The largest absolute Gasteiger partial charge is 0.342 e. The van der Waals surface area contributed by atoms with E-state index in [1.165, 1.54) is 17.4 Å². The molecule has 3 fully saturated rings. The highest BCUT2D eigenvalue weighted by atomic mass is 35.5. The summed E-state index contributed by atoms with van der Waals surface area (Å²) < 4.78 is 33.0. The van der Waals surface area contributed by atoms with Crippen molar-refractivity contribution in [3.05, 3.63) is 57.3 Å². The lowest BCUT2D eigenvalue weighted by Crippen LogP contribution is -2.52. The van der Waals surface area contributed by atoms with E-state index in [4.69, 9.17) is 16.3 Å². The summed E-state index contributed by atoms with van der Waals surface area (Å²) >= 11 is 7.38. The average Bonchev–Trinajstić information content (AvgIpc) is 3.38. The van der Waals surface area contributed by atoms with Crippen molar-refractivity contribution < 1.29 is 23.1 Å². The molecule has 0 unspecified atom stereocenters. The fourth-order valence-corrected chi connectivity index (χ4v) is 5.68. The number of likely N-dealkylation sites (tertiary alicyclic amines) is 1. The average molecular weight is 469 g/mol. The lowest BCUT2D eigenvalue weighted by atomic mass is 9.89. The minimum atomic E-state index is -0.975. The second-order valence-corrected chi connectivity index (χ2v) is 9.42. The number of piperidine rings is 1. The quantitative estimate of drug-likeness (QED) is 0.584. The van der Waals surface area contributed by atoms with Gasteiger partial charge in [0.2, 0.25) is 0 Å². The molecule has 2 atom stereocenters. The Labute approximate surface area is 188 Å². The van der Waals surface area contributed by atoms with Crippen molar-refractivity contribution in [3.63, 3.8) is 0 Å². The number of hydrogen-bond acceptors (Lipinski definition) is 4. The molecule has 0 aliphatic carbocycles. The molecular weight excluding hydrogens is 446 g/mol. The van der Waals surface area contributed by atoms with Gasteiger partial charge in [-0.15, -0.1) is 11.3 Å². The fourth-order valence-electron chi connectivity index (χ4n) is 4.58. The Hall–Kier alpha value is -2.03. The number of amides is 2. The maximum Gasteiger partial charge on any atom is 0.265 e. The van der Waals surface area contributed by atoms with E-state index in [0.29, 0.717) is 54.2 Å². The summed E-state index contributed by atoms with van der Waals surface area (Å²) in [5, 5.41) is 2.21. The number of halogens is 3. The highest BCUT2D eigenvalue weighted by Crippen LogP contribution is 2.44. The van der Waals surface area contributed by atoms with Crippen molar-refractivity contribution in [1.82, 2.24) is 9.80 Å². The first-order valence-electron chi connectivity index (χ1n) is 10.1. The first-order valence-corrected chi connectivity index (χ1v) is 11.4. The van der Waals surface area contributed by atoms with E-state index >= 15 is 0 Å². The highest BCUT2D eigenvalue weighted by molar-refractivity contribution is 7.12. The van der Waals surface area contributed by atoms with Gasteiger partial charge in [-0.05, 0) is 42.9 Å². The van der Waals surface area contributed by atoms with Crippen LogP contribution in [-0.4, -0.2) is 52.6 Å². The fraction of sp³-hybridized carbons (Fsp3) is 0.455. The number of nitrogens with zero attached hydrogens (tertiary/aromatic N) is 2. The van der Waals surface area contributed by atoms with Crippen LogP contribution in [0.15, 0.2) is 47.4 Å². The van der Waals surface area contributed by atoms with Gasteiger partial charge in [-0.3, -0.25) is 9.59 Å². The molecule has 0 bridgehead atoms. The van der Waals surface area contributed by atoms with Gasteiger partial charge in [0.1, 0.15) is 16.9 Å². The zero-order chi connectivity index (χ0) is 22.3. The van der Waals surface area contributed by atoms with Crippen LogP contribution in [0.3, 0.4) is 0 Å². The van der Waals surface area contributed by atoms with E-state index in [1.54, 1.807) is 21.2 Å². The van der Waals surface area contributed by atoms with Gasteiger partial charge < -0.3 is 14.5 Å². The molecule has 3 aliphatic heterocycles. The van der Waals surface area contributed by atoms with Crippen molar-refractivity contribution in [1.29, 1.82) is 0 Å². The third-order valence-corrected chi connectivity index (χ3v) is 7.41. The summed E-state index contributed by atoms with van der Waals surface area (Å²) in [5.41, 5.74) is -0.566. The van der Waals surface area contributed by atoms with Crippen LogP contribution in [0.5, 0.6) is 0 Å². The van der Waals surface area contributed by atoms with Gasteiger partial charge in [0, 0.05) is 32.0 Å². The smallest absolute Gasteiger partial charge is 0.265 e. The Bertz CT molecular complexity index is 977. The van der Waals surface area contributed by atoms with E-state index < -0.39 is 23.5 Å². The van der Waals surface area contributed by atoms with E-state index in [0.717, 1.165) is 13.0 Å². The van der Waals surface area contributed by atoms with Gasteiger partial charge in [-0.2, -0.15) is 0 Å². The molecule has 31 heavy (non-hydrogen) atoms. The number of allylic oxidation sites excluding steroid dienone is 3. The molecule has 0 saturated carbocycles. The number of thiophene rings is 1. The second-order valence-electron chi connectivity index (χ2n) is 8.10. The van der Waals surface area contributed by atoms with Crippen molar-refractivity contribution in [3.8, 4) is 0 Å². The van der Waals surface area contributed by atoms with E-state index in [1.807, 2.05) is 0 Å². The summed E-state index contributed by atoms with van der Waals surface area (Å²) in [6, 6.07) is 1.30. The maximum absolute atomic E-state index is 13.9. The summed E-state index contributed by atoms with van der Waals surface area (Å²) in [6.07, 6.45) is 3.57. The number of carbonyl (C=O) groups excluding carboxylic acids is 2. The van der Waals surface area contributed by atoms with E-state index in [9.17, 15) is 18.4 Å². The maximum atomic E-state index is 13.9. The van der Waals surface area contributed by atoms with Crippen molar-refractivity contribution in [2.45, 2.75) is 50.5 Å². The van der Waals surface area contributed by atoms with Crippen LogP contribution in [0.25, 0.3) is 0 Å². The van der Waals surface area contributed by atoms with Crippen molar-refractivity contribution in [2.24, 2.45) is 0 Å². The number of fused-ring (bicyclic) bond motifs is 1. The Morgan fingerprint density at radius 1 is 1.32 bits per heavy atom. The predicted molar refractivity (Wildman–Crippen MR) is 115 cm³/mol. The van der Waals surface area contributed by atoms with E-state index in [-0.39, 0.29) is 17.9 Å². The third-order valence-electron chi connectivity index (χ3n) is 6.08. The normalized spacial score (nSPS) is 26.0. The van der Waals surface area contributed by atoms with Crippen LogP contribution in [-0.2, 0) is 9.53 Å². The lowest BCUT2D eigenvalue weighted by molar-refractivity contribution is -0.142. The minimum Gasteiger partial charge on any atom is -0.342 e. The molecule has 1 aromatic heterocycles. The molecule has 0 radical (unpaired) electrons. The number of hydrogen-bond donors (Lipinski definition) is 0. The number of ether oxygens (including phenoxy) is 1. The van der Waals surface area contributed by atoms with Gasteiger partial charge in [0.15, 0.2) is 5.60 Å². The summed E-state index contributed by atoms with van der Waals surface area (Å²) in [6.45, 7) is 5.84. The Morgan fingerprint density at radius 3 is 2.65 bits per heavy atom. The van der Waals surface area contributed by atoms with Crippen molar-refractivity contribution in [2.75, 3.05) is 13.1 Å². The van der Waals surface area contributed by atoms with E-state index in [2.05, 4.69) is 6.58 Å². The molecule has 4 rings (SSSR count). The Morgan fingerprint density at radius 2 is 2.03 bits per heavy atom. The summed E-state index contributed by atoms with van der Waals surface area (Å²) in [4.78, 5) is 29.9. The lowest BCUT2D eigenvalue weighted by Gasteiger charge is -2.37. The molecule has 0 aromatic carbocycles. The molecule has 1 aromatic rings. The molecule has 2 amide bonds. The molecule has 9 heteroatoms. The van der Waals surface area contributed by atoms with Gasteiger partial charge in [0.25, 0.3) is 11.8 Å². The molecule has 0 N–H and O–H groups in total. The van der Waals surface area contributed by atoms with Gasteiger partial charge in [-0.25, -0.2) is 8.78 Å². The zero-order valence-electron chi connectivity index (χ0n) is 17.1. The Kier molecular flexibility index (Phi) is 6.07. The standard InChI is InChI=1S/C22H23ClF2N2O3S/c1-13(11-15(25)12-14(2)24)17-3-4-18-27(17)21(29)22(30-18)6-8-26(9-7-22)20(28)19-16(23)5-10-31-19/h5,10-12,17-18H,1,3-4,6-9H2,2H3/b14-12+,15-11+/t17-,18+/m0/s1. The van der Waals surface area contributed by atoms with Gasteiger partial charge in [0.05, 0.1) is 16.9 Å². The number of rotatable bonds is 4. The first kappa shape index (κ1) is 22.2. The number of carbonyl (C=O) groups is 2. The third kappa shape index (κ3) is 4.08. The van der Waals surface area contributed by atoms with Gasteiger partial charge >= 0.3 is 0 Å². The molecule has 166 valence electrons. The molecule has 3 saturated heterocycles. The minimum absolute atomic E-state index is 0.135. The van der Waals surface area contributed by atoms with Crippen LogP contribution in [0.4, 0.5) is 8.78 Å². The summed E-state index contributed by atoms with van der Waals surface area (Å²) in [5.74, 6) is -1.66. The highest BCUT2D eigenvalue weighted by Gasteiger charge is 2.58. The van der Waals surface area contributed by atoms with Crippen LogP contribution < -0.4 is 0 Å². The molecular formula is C22H23ClF2N2O3S. The van der Waals surface area contributed by atoms with Crippen LogP contribution in [0.1, 0.15) is 42.3 Å².